The molecule has 0 amide bonds. The Balaban J connectivity index is 1.59. The molecule has 30 heavy (non-hydrogen) atoms. The van der Waals surface area contributed by atoms with Gasteiger partial charge < -0.3 is 19.0 Å². The quantitative estimate of drug-likeness (QED) is 0.468. The van der Waals surface area contributed by atoms with Gasteiger partial charge in [0.25, 0.3) is 0 Å². The van der Waals surface area contributed by atoms with Crippen molar-refractivity contribution >= 4 is 0 Å². The Morgan fingerprint density at radius 3 is 2.50 bits per heavy atom. The first-order chi connectivity index (χ1) is 14.6. The zero-order valence-corrected chi connectivity index (χ0v) is 17.2. The summed E-state index contributed by atoms with van der Waals surface area (Å²) in [4.78, 5) is 2.07. The fourth-order valence-electron chi connectivity index (χ4n) is 3.08. The van der Waals surface area contributed by atoms with Gasteiger partial charge in [-0.15, -0.1) is 0 Å². The molecule has 1 unspecified atom stereocenters. The van der Waals surface area contributed by atoms with E-state index in [1.807, 2.05) is 36.4 Å². The maximum Gasteiger partial charge on any atom is 0.165 e. The van der Waals surface area contributed by atoms with Crippen LogP contribution in [0.3, 0.4) is 0 Å². The molecule has 0 aliphatic carbocycles. The minimum absolute atomic E-state index is 0.000611. The molecule has 160 valence electrons. The van der Waals surface area contributed by atoms with E-state index < -0.39 is 11.9 Å². The van der Waals surface area contributed by atoms with E-state index in [2.05, 4.69) is 11.8 Å². The van der Waals surface area contributed by atoms with E-state index in [0.717, 1.165) is 23.5 Å². The maximum absolute atomic E-state index is 13.7. The Morgan fingerprint density at radius 2 is 1.80 bits per heavy atom. The first kappa shape index (κ1) is 21.9. The fourth-order valence-corrected chi connectivity index (χ4v) is 3.08. The van der Waals surface area contributed by atoms with Crippen molar-refractivity contribution in [1.29, 1.82) is 0 Å². The molecule has 0 aliphatic heterocycles. The minimum Gasteiger partial charge on any atom is -0.494 e. The maximum atomic E-state index is 13.7. The van der Waals surface area contributed by atoms with E-state index in [9.17, 15) is 9.50 Å². The Hall–Kier alpha value is -2.83. The number of hydrogen-bond donors (Lipinski definition) is 1. The molecular weight excluding hydrogens is 385 g/mol. The molecule has 0 fully saturated rings. The predicted octanol–water partition coefficient (Wildman–Crippen LogP) is 4.65. The normalized spacial score (nSPS) is 12.1. The number of ether oxygens (including phenoxy) is 2. The highest BCUT2D eigenvalue weighted by Gasteiger charge is 2.16. The topological polar surface area (TPSA) is 55.1 Å². The molecule has 3 rings (SSSR count). The first-order valence-corrected chi connectivity index (χ1v) is 10.2. The summed E-state index contributed by atoms with van der Waals surface area (Å²) in [5.41, 5.74) is 1.09. The summed E-state index contributed by atoms with van der Waals surface area (Å²) >= 11 is 0. The van der Waals surface area contributed by atoms with E-state index in [1.54, 1.807) is 24.5 Å². The second kappa shape index (κ2) is 11.4. The average molecular weight is 413 g/mol. The van der Waals surface area contributed by atoms with Gasteiger partial charge in [-0.25, -0.2) is 4.39 Å². The van der Waals surface area contributed by atoms with Crippen LogP contribution in [0.2, 0.25) is 0 Å². The number of nitrogens with zero attached hydrogens (tertiary/aromatic N) is 1. The first-order valence-electron chi connectivity index (χ1n) is 10.2. The van der Waals surface area contributed by atoms with Crippen LogP contribution in [0.5, 0.6) is 11.5 Å². The van der Waals surface area contributed by atoms with Crippen LogP contribution in [-0.2, 0) is 13.1 Å². The van der Waals surface area contributed by atoms with Gasteiger partial charge >= 0.3 is 0 Å². The zero-order chi connectivity index (χ0) is 21.2. The van der Waals surface area contributed by atoms with Gasteiger partial charge in [0.2, 0.25) is 0 Å². The Bertz CT molecular complexity index is 867. The van der Waals surface area contributed by atoms with Crippen LogP contribution in [0, 0.1) is 5.82 Å². The van der Waals surface area contributed by atoms with Crippen LogP contribution in [0.4, 0.5) is 4.39 Å². The monoisotopic (exact) mass is 413 g/mol. The van der Waals surface area contributed by atoms with Gasteiger partial charge in [0, 0.05) is 13.1 Å². The van der Waals surface area contributed by atoms with Crippen molar-refractivity contribution in [2.75, 3.05) is 19.8 Å². The lowest BCUT2D eigenvalue weighted by molar-refractivity contribution is 0.0592. The van der Waals surface area contributed by atoms with Gasteiger partial charge in [0.1, 0.15) is 24.2 Å². The number of rotatable bonds is 12. The summed E-state index contributed by atoms with van der Waals surface area (Å²) < 4.78 is 30.3. The molecule has 5 nitrogen and oxygen atoms in total. The lowest BCUT2D eigenvalue weighted by Crippen LogP contribution is -2.35. The van der Waals surface area contributed by atoms with Crippen LogP contribution < -0.4 is 9.47 Å². The van der Waals surface area contributed by atoms with Crippen LogP contribution in [0.25, 0.3) is 0 Å². The summed E-state index contributed by atoms with van der Waals surface area (Å²) in [6.45, 7) is 4.27. The van der Waals surface area contributed by atoms with Crippen molar-refractivity contribution in [3.63, 3.8) is 0 Å². The predicted molar refractivity (Wildman–Crippen MR) is 113 cm³/mol. The van der Waals surface area contributed by atoms with Crippen molar-refractivity contribution < 1.29 is 23.4 Å². The highest BCUT2D eigenvalue weighted by atomic mass is 19.1. The summed E-state index contributed by atoms with van der Waals surface area (Å²) in [7, 11) is 0. The van der Waals surface area contributed by atoms with E-state index >= 15 is 0 Å². The van der Waals surface area contributed by atoms with Gasteiger partial charge in [-0.3, -0.25) is 4.90 Å². The molecule has 2 aromatic carbocycles. The average Bonchev–Trinajstić information content (AvgIpc) is 3.25. The van der Waals surface area contributed by atoms with Crippen molar-refractivity contribution in [1.82, 2.24) is 4.90 Å². The summed E-state index contributed by atoms with van der Waals surface area (Å²) in [6, 6.07) is 17.8. The van der Waals surface area contributed by atoms with E-state index in [-0.39, 0.29) is 12.4 Å². The fraction of sp³-hybridized carbons (Fsp3) is 0.333. The van der Waals surface area contributed by atoms with Crippen molar-refractivity contribution in [3.8, 4) is 11.5 Å². The molecule has 6 heteroatoms. The third kappa shape index (κ3) is 6.90. The van der Waals surface area contributed by atoms with E-state index in [4.69, 9.17) is 13.9 Å². The minimum atomic E-state index is -0.785. The number of para-hydroxylation sites is 1. The standard InChI is InChI=1S/C24H28FNO4/c1-2-13-28-21-11-9-19(10-12-21)15-26(17-22-6-5-14-29-22)16-20(27)18-30-24-8-4-3-7-23(24)25/h3-12,14,20,27H,2,13,15-18H2,1H3. The van der Waals surface area contributed by atoms with Gasteiger partial charge in [0.15, 0.2) is 11.6 Å². The Kier molecular flexibility index (Phi) is 8.30. The second-order valence-electron chi connectivity index (χ2n) is 7.14. The molecule has 0 bridgehead atoms. The molecule has 0 saturated carbocycles. The molecule has 1 heterocycles. The lowest BCUT2D eigenvalue weighted by atomic mass is 10.2. The van der Waals surface area contributed by atoms with Crippen LogP contribution >= 0.6 is 0 Å². The number of halogens is 1. The summed E-state index contributed by atoms with van der Waals surface area (Å²) in [5, 5.41) is 10.5. The molecule has 1 aromatic heterocycles. The highest BCUT2D eigenvalue weighted by molar-refractivity contribution is 5.27. The number of furan rings is 1. The molecule has 0 saturated heterocycles. The molecule has 0 radical (unpaired) electrons. The van der Waals surface area contributed by atoms with Crippen molar-refractivity contribution in [2.45, 2.75) is 32.5 Å². The molecule has 0 spiro atoms. The van der Waals surface area contributed by atoms with Crippen molar-refractivity contribution in [2.24, 2.45) is 0 Å². The van der Waals surface area contributed by atoms with Gasteiger partial charge in [-0.2, -0.15) is 0 Å². The van der Waals surface area contributed by atoms with Crippen molar-refractivity contribution in [3.05, 3.63) is 84.1 Å². The molecule has 1 atom stereocenters. The second-order valence-corrected chi connectivity index (χ2v) is 7.14. The zero-order valence-electron chi connectivity index (χ0n) is 17.2. The number of hydrogen-bond acceptors (Lipinski definition) is 5. The molecular formula is C24H28FNO4. The molecule has 0 aliphatic rings. The smallest absolute Gasteiger partial charge is 0.165 e. The molecule has 1 N–H and O–H groups in total. The van der Waals surface area contributed by atoms with Crippen LogP contribution in [0.15, 0.2) is 71.3 Å². The summed E-state index contributed by atoms with van der Waals surface area (Å²) in [5.74, 6) is 1.34. The lowest BCUT2D eigenvalue weighted by Gasteiger charge is -2.24. The number of aliphatic hydroxyl groups is 1. The van der Waals surface area contributed by atoms with Gasteiger partial charge in [-0.1, -0.05) is 31.2 Å². The SMILES string of the molecule is CCCOc1ccc(CN(Cc2ccco2)CC(O)COc2ccccc2F)cc1. The Labute approximate surface area is 176 Å². The summed E-state index contributed by atoms with van der Waals surface area (Å²) in [6.07, 6.45) is 1.81. The van der Waals surface area contributed by atoms with Crippen LogP contribution in [0.1, 0.15) is 24.7 Å². The Morgan fingerprint density at radius 1 is 1.00 bits per heavy atom. The third-order valence-corrected chi connectivity index (χ3v) is 4.50. The van der Waals surface area contributed by atoms with Gasteiger partial charge in [0.05, 0.1) is 19.4 Å². The number of aliphatic hydroxyl groups excluding tert-OH is 1. The van der Waals surface area contributed by atoms with E-state index in [1.165, 1.54) is 6.07 Å². The highest BCUT2D eigenvalue weighted by Crippen LogP contribution is 2.18. The van der Waals surface area contributed by atoms with Crippen LogP contribution in [-0.4, -0.2) is 35.9 Å². The van der Waals surface area contributed by atoms with Gasteiger partial charge in [-0.05, 0) is 48.4 Å². The number of benzene rings is 2. The largest absolute Gasteiger partial charge is 0.494 e. The van der Waals surface area contributed by atoms with E-state index in [0.29, 0.717) is 26.2 Å². The molecule has 3 aromatic rings. The third-order valence-electron chi connectivity index (χ3n) is 4.50.